The van der Waals surface area contributed by atoms with Gasteiger partial charge in [-0.15, -0.1) is 0 Å². The molecular formula is C16H21FN4. The van der Waals surface area contributed by atoms with E-state index in [0.29, 0.717) is 24.0 Å². The third-order valence-corrected chi connectivity index (χ3v) is 4.10. The van der Waals surface area contributed by atoms with Crippen molar-refractivity contribution in [3.8, 4) is 5.82 Å². The molecule has 2 heterocycles. The predicted molar refractivity (Wildman–Crippen MR) is 80.0 cm³/mol. The van der Waals surface area contributed by atoms with Crippen LogP contribution in [0.4, 0.5) is 4.39 Å². The Labute approximate surface area is 124 Å². The van der Waals surface area contributed by atoms with Gasteiger partial charge in [-0.1, -0.05) is 6.92 Å². The maximum atomic E-state index is 14.7. The Morgan fingerprint density at radius 2 is 2.14 bits per heavy atom. The summed E-state index contributed by atoms with van der Waals surface area (Å²) < 4.78 is 16.3. The summed E-state index contributed by atoms with van der Waals surface area (Å²) in [6, 6.07) is 2.29. The Kier molecular flexibility index (Phi) is 3.76. The van der Waals surface area contributed by atoms with Crippen molar-refractivity contribution in [3.63, 3.8) is 0 Å². The second kappa shape index (κ2) is 5.56. The lowest BCUT2D eigenvalue weighted by Crippen LogP contribution is -2.17. The van der Waals surface area contributed by atoms with E-state index in [0.717, 1.165) is 23.4 Å². The largest absolute Gasteiger partial charge is 0.310 e. The van der Waals surface area contributed by atoms with E-state index >= 15 is 0 Å². The minimum Gasteiger partial charge on any atom is -0.310 e. The minimum absolute atomic E-state index is 0.279. The lowest BCUT2D eigenvalue weighted by Gasteiger charge is -2.09. The predicted octanol–water partition coefficient (Wildman–Crippen LogP) is 2.84. The van der Waals surface area contributed by atoms with Crippen LogP contribution in [-0.2, 0) is 13.0 Å². The Balaban J connectivity index is 1.96. The van der Waals surface area contributed by atoms with Crippen molar-refractivity contribution >= 4 is 0 Å². The maximum Gasteiger partial charge on any atom is 0.190 e. The molecule has 112 valence electrons. The summed E-state index contributed by atoms with van der Waals surface area (Å²) in [7, 11) is 0. The topological polar surface area (TPSA) is 42.7 Å². The van der Waals surface area contributed by atoms with Crippen molar-refractivity contribution in [3.05, 3.63) is 40.6 Å². The number of halogens is 1. The molecule has 0 saturated heterocycles. The zero-order valence-corrected chi connectivity index (χ0v) is 12.8. The number of hydrogen-bond acceptors (Lipinski definition) is 3. The SMILES string of the molecule is CCc1c(C)nn(-c2nccc(CNC3CC3)c2F)c1C. The number of rotatable bonds is 5. The van der Waals surface area contributed by atoms with Gasteiger partial charge in [-0.05, 0) is 44.7 Å². The molecule has 1 aliphatic carbocycles. The van der Waals surface area contributed by atoms with E-state index in [4.69, 9.17) is 0 Å². The summed E-state index contributed by atoms with van der Waals surface area (Å²) in [5.41, 5.74) is 3.72. The van der Waals surface area contributed by atoms with Crippen LogP contribution in [0.2, 0.25) is 0 Å². The van der Waals surface area contributed by atoms with Crippen LogP contribution in [0.1, 0.15) is 42.3 Å². The monoisotopic (exact) mass is 288 g/mol. The molecule has 1 N–H and O–H groups in total. The van der Waals surface area contributed by atoms with Gasteiger partial charge >= 0.3 is 0 Å². The van der Waals surface area contributed by atoms with Gasteiger partial charge in [0.1, 0.15) is 0 Å². The van der Waals surface area contributed by atoms with Crippen molar-refractivity contribution in [2.75, 3.05) is 0 Å². The van der Waals surface area contributed by atoms with Crippen LogP contribution >= 0.6 is 0 Å². The second-order valence-corrected chi connectivity index (χ2v) is 5.68. The van der Waals surface area contributed by atoms with E-state index < -0.39 is 0 Å². The van der Waals surface area contributed by atoms with Gasteiger partial charge in [0, 0.05) is 30.0 Å². The summed E-state index contributed by atoms with van der Waals surface area (Å²) in [6.07, 6.45) is 4.93. The first-order valence-electron chi connectivity index (χ1n) is 7.54. The number of hydrogen-bond donors (Lipinski definition) is 1. The van der Waals surface area contributed by atoms with Gasteiger partial charge in [0.05, 0.1) is 5.69 Å². The number of aryl methyl sites for hydroxylation is 1. The average molecular weight is 288 g/mol. The Morgan fingerprint density at radius 3 is 2.76 bits per heavy atom. The van der Waals surface area contributed by atoms with Gasteiger partial charge in [-0.3, -0.25) is 0 Å². The van der Waals surface area contributed by atoms with Crippen LogP contribution in [0.15, 0.2) is 12.3 Å². The molecule has 5 heteroatoms. The third-order valence-electron chi connectivity index (χ3n) is 4.10. The molecule has 1 saturated carbocycles. The van der Waals surface area contributed by atoms with Crippen LogP contribution in [0.25, 0.3) is 5.82 Å². The van der Waals surface area contributed by atoms with Crippen molar-refractivity contribution in [1.82, 2.24) is 20.1 Å². The first-order chi connectivity index (χ1) is 10.1. The van der Waals surface area contributed by atoms with Gasteiger partial charge < -0.3 is 5.32 Å². The standard InChI is InChI=1S/C16H21FN4/c1-4-14-10(2)20-21(11(14)3)16-15(17)12(7-8-18-16)9-19-13-5-6-13/h7-8,13,19H,4-6,9H2,1-3H3. The van der Waals surface area contributed by atoms with E-state index in [9.17, 15) is 4.39 Å². The molecular weight excluding hydrogens is 267 g/mol. The first kappa shape index (κ1) is 14.2. The number of nitrogens with one attached hydrogen (secondary N) is 1. The van der Waals surface area contributed by atoms with E-state index in [1.807, 2.05) is 13.8 Å². The third kappa shape index (κ3) is 2.70. The smallest absolute Gasteiger partial charge is 0.190 e. The van der Waals surface area contributed by atoms with Crippen LogP contribution in [0.3, 0.4) is 0 Å². The molecule has 0 aromatic carbocycles. The van der Waals surface area contributed by atoms with E-state index in [-0.39, 0.29) is 5.82 Å². The van der Waals surface area contributed by atoms with E-state index in [1.54, 1.807) is 16.9 Å². The molecule has 0 atom stereocenters. The highest BCUT2D eigenvalue weighted by Gasteiger charge is 2.22. The van der Waals surface area contributed by atoms with Gasteiger partial charge in [0.15, 0.2) is 11.6 Å². The van der Waals surface area contributed by atoms with Crippen molar-refractivity contribution in [2.24, 2.45) is 0 Å². The molecule has 0 spiro atoms. The van der Waals surface area contributed by atoms with E-state index in [2.05, 4.69) is 22.3 Å². The zero-order chi connectivity index (χ0) is 15.0. The summed E-state index contributed by atoms with van der Waals surface area (Å²) in [5.74, 6) is 0.0179. The minimum atomic E-state index is -0.279. The summed E-state index contributed by atoms with van der Waals surface area (Å²) >= 11 is 0. The second-order valence-electron chi connectivity index (χ2n) is 5.68. The highest BCUT2D eigenvalue weighted by atomic mass is 19.1. The number of nitrogens with zero attached hydrogens (tertiary/aromatic N) is 3. The van der Waals surface area contributed by atoms with Crippen LogP contribution in [0.5, 0.6) is 0 Å². The average Bonchev–Trinajstić information content (AvgIpc) is 3.24. The Hall–Kier alpha value is -1.75. The van der Waals surface area contributed by atoms with Crippen LogP contribution < -0.4 is 5.32 Å². The Morgan fingerprint density at radius 1 is 1.38 bits per heavy atom. The molecule has 0 bridgehead atoms. The highest BCUT2D eigenvalue weighted by molar-refractivity contribution is 5.36. The van der Waals surface area contributed by atoms with Gasteiger partial charge in [-0.25, -0.2) is 14.1 Å². The molecule has 2 aromatic rings. The zero-order valence-electron chi connectivity index (χ0n) is 12.8. The normalized spacial score (nSPS) is 14.7. The molecule has 3 rings (SSSR count). The van der Waals surface area contributed by atoms with E-state index in [1.165, 1.54) is 12.8 Å². The summed E-state index contributed by atoms with van der Waals surface area (Å²) in [4.78, 5) is 4.20. The fourth-order valence-corrected chi connectivity index (χ4v) is 2.69. The molecule has 0 aliphatic heterocycles. The molecule has 0 radical (unpaired) electrons. The van der Waals surface area contributed by atoms with Crippen molar-refractivity contribution in [2.45, 2.75) is 52.6 Å². The molecule has 2 aromatic heterocycles. The van der Waals surface area contributed by atoms with Gasteiger partial charge in [-0.2, -0.15) is 5.10 Å². The molecule has 1 aliphatic rings. The van der Waals surface area contributed by atoms with Gasteiger partial charge in [0.2, 0.25) is 0 Å². The molecule has 4 nitrogen and oxygen atoms in total. The molecule has 0 unspecified atom stereocenters. The number of pyridine rings is 1. The van der Waals surface area contributed by atoms with Crippen LogP contribution in [-0.4, -0.2) is 20.8 Å². The maximum absolute atomic E-state index is 14.7. The van der Waals surface area contributed by atoms with Crippen molar-refractivity contribution in [1.29, 1.82) is 0 Å². The summed E-state index contributed by atoms with van der Waals surface area (Å²) in [6.45, 7) is 6.56. The lowest BCUT2D eigenvalue weighted by atomic mass is 10.1. The number of aromatic nitrogens is 3. The quantitative estimate of drug-likeness (QED) is 0.920. The highest BCUT2D eigenvalue weighted by Crippen LogP contribution is 2.22. The van der Waals surface area contributed by atoms with Crippen LogP contribution in [0, 0.1) is 19.7 Å². The van der Waals surface area contributed by atoms with Gasteiger partial charge in [0.25, 0.3) is 0 Å². The molecule has 1 fully saturated rings. The fourth-order valence-electron chi connectivity index (χ4n) is 2.69. The lowest BCUT2D eigenvalue weighted by molar-refractivity contribution is 0.564. The van der Waals surface area contributed by atoms with Crippen molar-refractivity contribution < 1.29 is 4.39 Å². The summed E-state index contributed by atoms with van der Waals surface area (Å²) in [5, 5.41) is 7.79. The molecule has 21 heavy (non-hydrogen) atoms. The fraction of sp³-hybridized carbons (Fsp3) is 0.500. The first-order valence-corrected chi connectivity index (χ1v) is 7.54. The molecule has 0 amide bonds. The Bertz CT molecular complexity index is 659.